The number of ether oxygens (including phenoxy) is 1. The Labute approximate surface area is 175 Å². The Kier molecular flexibility index (Phi) is 7.54. The van der Waals surface area contributed by atoms with E-state index in [1.165, 1.54) is 28.8 Å². The minimum Gasteiger partial charge on any atom is -0.497 e. The highest BCUT2D eigenvalue weighted by Crippen LogP contribution is 2.18. The lowest BCUT2D eigenvalue weighted by atomic mass is 10.1. The van der Waals surface area contributed by atoms with Gasteiger partial charge in [0.2, 0.25) is 0 Å². The monoisotopic (exact) mass is 390 g/mol. The molecule has 0 spiro atoms. The highest BCUT2D eigenvalue weighted by Gasteiger charge is 2.12. The quantitative estimate of drug-likeness (QED) is 0.429. The fourth-order valence-corrected chi connectivity index (χ4v) is 3.55. The molecule has 0 fully saturated rings. The molecular weight excluding hydrogens is 356 g/mol. The van der Waals surface area contributed by atoms with Gasteiger partial charge >= 0.3 is 0 Å². The average molecular weight is 391 g/mol. The maximum atomic E-state index is 5.41. The van der Waals surface area contributed by atoms with E-state index in [9.17, 15) is 0 Å². The number of hydrogen-bond acceptors (Lipinski definition) is 2. The molecule has 0 aliphatic carbocycles. The van der Waals surface area contributed by atoms with Gasteiger partial charge in [-0.2, -0.15) is 0 Å². The van der Waals surface area contributed by atoms with Gasteiger partial charge in [-0.25, -0.2) is 0 Å². The van der Waals surface area contributed by atoms with Crippen LogP contribution in [0.15, 0.2) is 66.9 Å². The van der Waals surface area contributed by atoms with Crippen LogP contribution in [0.25, 0.3) is 0 Å². The van der Waals surface area contributed by atoms with E-state index in [0.717, 1.165) is 31.9 Å². The SMILES string of the molecule is COc1cccc(CN(CCC(C)C)Cc2cccn2Cc2ccc(C)cc2)c1. The minimum atomic E-state index is 0.696. The Hall–Kier alpha value is -2.52. The second-order valence-electron chi connectivity index (χ2n) is 8.36. The van der Waals surface area contributed by atoms with E-state index >= 15 is 0 Å². The third-order valence-electron chi connectivity index (χ3n) is 5.35. The van der Waals surface area contributed by atoms with Crippen molar-refractivity contribution < 1.29 is 4.74 Å². The topological polar surface area (TPSA) is 17.4 Å². The van der Waals surface area contributed by atoms with Gasteiger partial charge in [0.1, 0.15) is 5.75 Å². The summed E-state index contributed by atoms with van der Waals surface area (Å²) in [7, 11) is 1.73. The summed E-state index contributed by atoms with van der Waals surface area (Å²) >= 11 is 0. The van der Waals surface area contributed by atoms with E-state index in [2.05, 4.69) is 91.0 Å². The molecule has 0 amide bonds. The summed E-state index contributed by atoms with van der Waals surface area (Å²) in [5, 5.41) is 0. The first-order chi connectivity index (χ1) is 14.0. The zero-order valence-electron chi connectivity index (χ0n) is 18.3. The number of methoxy groups -OCH3 is 1. The van der Waals surface area contributed by atoms with E-state index in [0.29, 0.717) is 5.92 Å². The first kappa shape index (κ1) is 21.2. The van der Waals surface area contributed by atoms with Crippen molar-refractivity contribution in [2.75, 3.05) is 13.7 Å². The first-order valence-electron chi connectivity index (χ1n) is 10.6. The van der Waals surface area contributed by atoms with Crippen molar-refractivity contribution in [1.82, 2.24) is 9.47 Å². The number of hydrogen-bond donors (Lipinski definition) is 0. The van der Waals surface area contributed by atoms with Crippen LogP contribution in [0.5, 0.6) is 5.75 Å². The molecule has 0 radical (unpaired) electrons. The molecule has 0 N–H and O–H groups in total. The number of rotatable bonds is 10. The molecule has 3 heteroatoms. The molecule has 0 atom stereocenters. The lowest BCUT2D eigenvalue weighted by Crippen LogP contribution is -2.26. The number of nitrogens with zero attached hydrogens (tertiary/aromatic N) is 2. The van der Waals surface area contributed by atoms with E-state index in [1.807, 2.05) is 6.07 Å². The van der Waals surface area contributed by atoms with Gasteiger partial charge in [0.25, 0.3) is 0 Å². The molecule has 3 rings (SSSR count). The summed E-state index contributed by atoms with van der Waals surface area (Å²) in [5.74, 6) is 1.62. The highest BCUT2D eigenvalue weighted by molar-refractivity contribution is 5.28. The van der Waals surface area contributed by atoms with Crippen molar-refractivity contribution in [3.05, 3.63) is 89.2 Å². The van der Waals surface area contributed by atoms with Gasteiger partial charge in [-0.05, 0) is 61.2 Å². The van der Waals surface area contributed by atoms with Crippen LogP contribution in [0, 0.1) is 12.8 Å². The summed E-state index contributed by atoms with van der Waals surface area (Å²) in [6.45, 7) is 10.6. The van der Waals surface area contributed by atoms with Crippen LogP contribution in [0.1, 0.15) is 42.7 Å². The van der Waals surface area contributed by atoms with Crippen LogP contribution in [-0.4, -0.2) is 23.1 Å². The van der Waals surface area contributed by atoms with Crippen LogP contribution in [0.2, 0.25) is 0 Å². The van der Waals surface area contributed by atoms with Crippen LogP contribution in [0.4, 0.5) is 0 Å². The van der Waals surface area contributed by atoms with Gasteiger partial charge in [-0.1, -0.05) is 55.8 Å². The summed E-state index contributed by atoms with van der Waals surface area (Å²) in [5.41, 5.74) is 5.30. The van der Waals surface area contributed by atoms with Crippen molar-refractivity contribution >= 4 is 0 Å². The Balaban J connectivity index is 1.73. The number of aryl methyl sites for hydroxylation is 1. The molecular formula is C26H34N2O. The summed E-state index contributed by atoms with van der Waals surface area (Å²) in [4.78, 5) is 2.55. The van der Waals surface area contributed by atoms with Crippen LogP contribution < -0.4 is 4.74 Å². The Morgan fingerprint density at radius 2 is 1.72 bits per heavy atom. The third-order valence-corrected chi connectivity index (χ3v) is 5.35. The smallest absolute Gasteiger partial charge is 0.119 e. The van der Waals surface area contributed by atoms with Gasteiger partial charge < -0.3 is 9.30 Å². The predicted molar refractivity (Wildman–Crippen MR) is 121 cm³/mol. The van der Waals surface area contributed by atoms with Crippen LogP contribution in [0.3, 0.4) is 0 Å². The maximum absolute atomic E-state index is 5.41. The lowest BCUT2D eigenvalue weighted by Gasteiger charge is -2.24. The molecule has 0 saturated carbocycles. The van der Waals surface area contributed by atoms with Crippen molar-refractivity contribution in [1.29, 1.82) is 0 Å². The second kappa shape index (κ2) is 10.3. The van der Waals surface area contributed by atoms with Crippen molar-refractivity contribution in [2.24, 2.45) is 5.92 Å². The van der Waals surface area contributed by atoms with Crippen LogP contribution in [-0.2, 0) is 19.6 Å². The Bertz CT molecular complexity index is 880. The molecule has 0 aliphatic heterocycles. The molecule has 1 aromatic heterocycles. The highest BCUT2D eigenvalue weighted by atomic mass is 16.5. The second-order valence-corrected chi connectivity index (χ2v) is 8.36. The van der Waals surface area contributed by atoms with Crippen molar-refractivity contribution in [3.8, 4) is 5.75 Å². The van der Waals surface area contributed by atoms with Crippen LogP contribution >= 0.6 is 0 Å². The largest absolute Gasteiger partial charge is 0.497 e. The minimum absolute atomic E-state index is 0.696. The zero-order valence-corrected chi connectivity index (χ0v) is 18.3. The number of benzene rings is 2. The summed E-state index contributed by atoms with van der Waals surface area (Å²) < 4.78 is 7.79. The van der Waals surface area contributed by atoms with Gasteiger partial charge in [0, 0.05) is 31.5 Å². The van der Waals surface area contributed by atoms with E-state index in [1.54, 1.807) is 7.11 Å². The maximum Gasteiger partial charge on any atom is 0.119 e. The molecule has 0 saturated heterocycles. The Morgan fingerprint density at radius 1 is 0.931 bits per heavy atom. The van der Waals surface area contributed by atoms with Gasteiger partial charge in [-0.15, -0.1) is 0 Å². The summed E-state index contributed by atoms with van der Waals surface area (Å²) in [6.07, 6.45) is 3.39. The molecule has 3 aromatic rings. The van der Waals surface area contributed by atoms with E-state index in [4.69, 9.17) is 4.74 Å². The third kappa shape index (κ3) is 6.50. The average Bonchev–Trinajstić information content (AvgIpc) is 3.14. The Morgan fingerprint density at radius 3 is 2.45 bits per heavy atom. The van der Waals surface area contributed by atoms with E-state index in [-0.39, 0.29) is 0 Å². The normalized spacial score (nSPS) is 11.4. The predicted octanol–water partition coefficient (Wildman–Crippen LogP) is 5.90. The molecule has 3 nitrogen and oxygen atoms in total. The molecule has 2 aromatic carbocycles. The lowest BCUT2D eigenvalue weighted by molar-refractivity contribution is 0.235. The number of aromatic nitrogens is 1. The van der Waals surface area contributed by atoms with Gasteiger partial charge in [0.15, 0.2) is 0 Å². The molecule has 29 heavy (non-hydrogen) atoms. The molecule has 154 valence electrons. The zero-order chi connectivity index (χ0) is 20.6. The van der Waals surface area contributed by atoms with Gasteiger partial charge in [-0.3, -0.25) is 4.90 Å². The van der Waals surface area contributed by atoms with Crippen molar-refractivity contribution in [3.63, 3.8) is 0 Å². The van der Waals surface area contributed by atoms with Crippen molar-refractivity contribution in [2.45, 2.75) is 46.8 Å². The molecule has 0 bridgehead atoms. The summed E-state index contributed by atoms with van der Waals surface area (Å²) in [6, 6.07) is 21.7. The standard InChI is InChI=1S/C26H34N2O/c1-21(2)14-16-27(18-24-7-5-9-26(17-24)29-4)20-25-8-6-15-28(25)19-23-12-10-22(3)11-13-23/h5-13,15,17,21H,14,16,18-20H2,1-4H3. The first-order valence-corrected chi connectivity index (χ1v) is 10.6. The van der Waals surface area contributed by atoms with Gasteiger partial charge in [0.05, 0.1) is 7.11 Å². The molecule has 1 heterocycles. The fourth-order valence-electron chi connectivity index (χ4n) is 3.55. The molecule has 0 aliphatic rings. The van der Waals surface area contributed by atoms with E-state index < -0.39 is 0 Å². The fraction of sp³-hybridized carbons (Fsp3) is 0.385. The molecule has 0 unspecified atom stereocenters.